The highest BCUT2D eigenvalue weighted by Gasteiger charge is 2.26. The predicted molar refractivity (Wildman–Crippen MR) is 129 cm³/mol. The molecular formula is C24H29N5O2S. The maximum Gasteiger partial charge on any atom is 0.246 e. The van der Waals surface area contributed by atoms with E-state index in [1.807, 2.05) is 48.2 Å². The number of anilines is 1. The molecule has 8 heteroatoms. The Morgan fingerprint density at radius 3 is 2.88 bits per heavy atom. The molecule has 32 heavy (non-hydrogen) atoms. The molecule has 0 spiro atoms. The molecule has 0 fully saturated rings. The third-order valence-electron chi connectivity index (χ3n) is 5.57. The molecule has 7 nitrogen and oxygen atoms in total. The zero-order chi connectivity index (χ0) is 22.5. The van der Waals surface area contributed by atoms with Crippen molar-refractivity contribution in [1.82, 2.24) is 19.8 Å². The van der Waals surface area contributed by atoms with Gasteiger partial charge in [0.05, 0.1) is 24.6 Å². The van der Waals surface area contributed by atoms with Gasteiger partial charge in [0.15, 0.2) is 0 Å². The summed E-state index contributed by atoms with van der Waals surface area (Å²) in [6.45, 7) is 2.02. The highest BCUT2D eigenvalue weighted by atomic mass is 32.1. The lowest BCUT2D eigenvalue weighted by atomic mass is 10.0. The van der Waals surface area contributed by atoms with E-state index in [2.05, 4.69) is 27.4 Å². The van der Waals surface area contributed by atoms with E-state index in [1.54, 1.807) is 23.7 Å². The Morgan fingerprint density at radius 1 is 1.31 bits per heavy atom. The fourth-order valence-corrected chi connectivity index (χ4v) is 5.15. The Balaban J connectivity index is 1.53. The van der Waals surface area contributed by atoms with Gasteiger partial charge in [-0.2, -0.15) is 0 Å². The minimum absolute atomic E-state index is 0.00822. The third-order valence-corrected chi connectivity index (χ3v) is 6.69. The molecule has 4 rings (SSSR count). The first-order chi connectivity index (χ1) is 15.5. The molecule has 2 N–H and O–H groups in total. The van der Waals surface area contributed by atoms with Crippen LogP contribution in [0.3, 0.4) is 0 Å². The van der Waals surface area contributed by atoms with Crippen molar-refractivity contribution in [1.29, 1.82) is 0 Å². The van der Waals surface area contributed by atoms with E-state index in [9.17, 15) is 9.90 Å². The fraction of sp³-hybridized carbons (Fsp3) is 0.375. The van der Waals surface area contributed by atoms with Gasteiger partial charge in [-0.25, -0.2) is 9.97 Å². The van der Waals surface area contributed by atoms with Crippen LogP contribution in [0, 0.1) is 0 Å². The first-order valence-corrected chi connectivity index (χ1v) is 11.6. The van der Waals surface area contributed by atoms with Gasteiger partial charge in [-0.05, 0) is 38.1 Å². The summed E-state index contributed by atoms with van der Waals surface area (Å²) < 4.78 is 0. The largest absolute Gasteiger partial charge is 0.394 e. The minimum atomic E-state index is -0.144. The average molecular weight is 452 g/mol. The van der Waals surface area contributed by atoms with Gasteiger partial charge in [-0.1, -0.05) is 36.4 Å². The minimum Gasteiger partial charge on any atom is -0.394 e. The molecule has 3 heterocycles. The van der Waals surface area contributed by atoms with E-state index >= 15 is 0 Å². The molecule has 1 aromatic carbocycles. The Bertz CT molecular complexity index is 1100. The van der Waals surface area contributed by atoms with Gasteiger partial charge in [0.1, 0.15) is 17.0 Å². The molecule has 2 aromatic heterocycles. The number of nitrogens with one attached hydrogen (secondary N) is 1. The van der Waals surface area contributed by atoms with Crippen LogP contribution in [0.1, 0.15) is 16.0 Å². The topological polar surface area (TPSA) is 81.6 Å². The number of thiophene rings is 1. The van der Waals surface area contributed by atoms with Gasteiger partial charge in [-0.15, -0.1) is 11.3 Å². The maximum absolute atomic E-state index is 12.6. The summed E-state index contributed by atoms with van der Waals surface area (Å²) in [6, 6.07) is 9.97. The number of aliphatic hydroxyl groups excluding tert-OH is 1. The van der Waals surface area contributed by atoms with Crippen LogP contribution in [0.15, 0.2) is 48.8 Å². The van der Waals surface area contributed by atoms with Crippen LogP contribution in [0.4, 0.5) is 5.82 Å². The van der Waals surface area contributed by atoms with Crippen molar-refractivity contribution in [2.24, 2.45) is 0 Å². The number of amides is 1. The highest BCUT2D eigenvalue weighted by Crippen LogP contribution is 2.37. The smallest absolute Gasteiger partial charge is 0.246 e. The Hall–Kier alpha value is -2.81. The number of aliphatic hydroxyl groups is 1. The quantitative estimate of drug-likeness (QED) is 0.513. The number of hydrogen-bond donors (Lipinski definition) is 2. The van der Waals surface area contributed by atoms with E-state index in [0.29, 0.717) is 19.5 Å². The van der Waals surface area contributed by atoms with Gasteiger partial charge in [0.25, 0.3) is 0 Å². The van der Waals surface area contributed by atoms with Gasteiger partial charge < -0.3 is 20.2 Å². The molecule has 0 bridgehead atoms. The number of hydrogen-bond acceptors (Lipinski definition) is 7. The van der Waals surface area contributed by atoms with Crippen molar-refractivity contribution in [3.8, 4) is 0 Å². The van der Waals surface area contributed by atoms with Crippen LogP contribution in [0.5, 0.6) is 0 Å². The Labute approximate surface area is 192 Å². The molecule has 168 valence electrons. The molecule has 1 amide bonds. The second kappa shape index (κ2) is 10.2. The summed E-state index contributed by atoms with van der Waals surface area (Å²) in [7, 11) is 3.96. The number of carbonyl (C=O) groups excluding carboxylic acids is 1. The third kappa shape index (κ3) is 5.15. The zero-order valence-electron chi connectivity index (χ0n) is 18.5. The van der Waals surface area contributed by atoms with E-state index in [0.717, 1.165) is 39.4 Å². The van der Waals surface area contributed by atoms with E-state index in [4.69, 9.17) is 0 Å². The van der Waals surface area contributed by atoms with Gasteiger partial charge in [0, 0.05) is 24.0 Å². The molecule has 0 aliphatic carbocycles. The number of benzene rings is 1. The zero-order valence-corrected chi connectivity index (χ0v) is 19.3. The molecule has 0 unspecified atom stereocenters. The molecule has 1 aliphatic heterocycles. The summed E-state index contributed by atoms with van der Waals surface area (Å²) in [4.78, 5) is 27.6. The summed E-state index contributed by atoms with van der Waals surface area (Å²) in [5.41, 5.74) is 2.37. The lowest BCUT2D eigenvalue weighted by Crippen LogP contribution is -2.34. The lowest BCUT2D eigenvalue weighted by molar-refractivity contribution is -0.126. The average Bonchev–Trinajstić information content (AvgIpc) is 3.17. The molecule has 0 saturated heterocycles. The standard InChI is InChI=1S/C24H29N5O2S/c1-28(2)11-6-9-21(31)29-12-10-19-20(14-29)32-24-22(19)23(25-16-26-24)27-18(15-30)13-17-7-4-3-5-8-17/h3-9,16,18,30H,10-15H2,1-2H3,(H,25,26,27)/b9-6+/t18-/m0/s1. The van der Waals surface area contributed by atoms with E-state index in [-0.39, 0.29) is 18.6 Å². The van der Waals surface area contributed by atoms with Crippen molar-refractivity contribution >= 4 is 33.3 Å². The number of likely N-dealkylation sites (N-methyl/N-ethyl adjacent to an activating group) is 1. The molecule has 0 radical (unpaired) electrons. The van der Waals surface area contributed by atoms with Crippen molar-refractivity contribution in [2.75, 3.05) is 39.1 Å². The monoisotopic (exact) mass is 451 g/mol. The number of nitrogens with zero attached hydrogens (tertiary/aromatic N) is 4. The normalized spacial score (nSPS) is 14.8. The number of rotatable bonds is 8. The van der Waals surface area contributed by atoms with Crippen LogP contribution < -0.4 is 5.32 Å². The van der Waals surface area contributed by atoms with Crippen molar-refractivity contribution in [2.45, 2.75) is 25.4 Å². The molecule has 0 saturated carbocycles. The second-order valence-electron chi connectivity index (χ2n) is 8.29. The highest BCUT2D eigenvalue weighted by molar-refractivity contribution is 7.19. The van der Waals surface area contributed by atoms with Crippen LogP contribution in [-0.4, -0.2) is 70.6 Å². The van der Waals surface area contributed by atoms with Crippen LogP contribution in [0.25, 0.3) is 10.2 Å². The van der Waals surface area contributed by atoms with Crippen LogP contribution >= 0.6 is 11.3 Å². The van der Waals surface area contributed by atoms with Crippen LogP contribution in [-0.2, 0) is 24.2 Å². The summed E-state index contributed by atoms with van der Waals surface area (Å²) in [5.74, 6) is 0.802. The second-order valence-corrected chi connectivity index (χ2v) is 9.38. The van der Waals surface area contributed by atoms with Gasteiger partial charge in [0.2, 0.25) is 5.91 Å². The maximum atomic E-state index is 12.6. The molecule has 3 aromatic rings. The summed E-state index contributed by atoms with van der Waals surface area (Å²) in [6.07, 6.45) is 6.61. The Kier molecular flexibility index (Phi) is 7.14. The number of aromatic nitrogens is 2. The number of fused-ring (bicyclic) bond motifs is 3. The predicted octanol–water partition coefficient (Wildman–Crippen LogP) is 2.71. The number of carbonyl (C=O) groups is 1. The van der Waals surface area contributed by atoms with Gasteiger partial charge >= 0.3 is 0 Å². The Morgan fingerprint density at radius 2 is 2.12 bits per heavy atom. The van der Waals surface area contributed by atoms with E-state index < -0.39 is 0 Å². The van der Waals surface area contributed by atoms with Crippen LogP contribution in [0.2, 0.25) is 0 Å². The fourth-order valence-electron chi connectivity index (χ4n) is 3.95. The molecule has 1 atom stereocenters. The first kappa shape index (κ1) is 22.4. The van der Waals surface area contributed by atoms with Crippen molar-refractivity contribution in [3.63, 3.8) is 0 Å². The van der Waals surface area contributed by atoms with E-state index in [1.165, 1.54) is 5.56 Å². The summed E-state index contributed by atoms with van der Waals surface area (Å²) in [5, 5.41) is 14.4. The molecule has 1 aliphatic rings. The SMILES string of the molecule is CN(C)C/C=C/C(=O)N1CCc2c(sc3ncnc(N[C@H](CO)Cc4ccccc4)c23)C1. The van der Waals surface area contributed by atoms with Gasteiger partial charge in [-0.3, -0.25) is 4.79 Å². The molecular weight excluding hydrogens is 422 g/mol. The first-order valence-electron chi connectivity index (χ1n) is 10.8. The van der Waals surface area contributed by atoms with Crippen molar-refractivity contribution < 1.29 is 9.90 Å². The summed E-state index contributed by atoms with van der Waals surface area (Å²) >= 11 is 1.62. The van der Waals surface area contributed by atoms with Crippen molar-refractivity contribution in [3.05, 3.63) is 64.8 Å². The lowest BCUT2D eigenvalue weighted by Gasteiger charge is -2.26.